The molecule has 0 aliphatic carbocycles. The van der Waals surface area contributed by atoms with E-state index in [1.807, 2.05) is 41.5 Å². The van der Waals surface area contributed by atoms with E-state index in [2.05, 4.69) is 4.98 Å². The minimum atomic E-state index is 0.146. The fourth-order valence-electron chi connectivity index (χ4n) is 2.37. The van der Waals surface area contributed by atoms with Gasteiger partial charge in [0.1, 0.15) is 5.01 Å². The Morgan fingerprint density at radius 3 is 2.79 bits per heavy atom. The van der Waals surface area contributed by atoms with Gasteiger partial charge in [-0.1, -0.05) is 12.1 Å². The number of thiazole rings is 1. The van der Waals surface area contributed by atoms with Crippen LogP contribution in [-0.2, 0) is 0 Å². The van der Waals surface area contributed by atoms with Gasteiger partial charge in [0.25, 0.3) is 5.91 Å². The number of carbonyl (C=O) groups is 1. The van der Waals surface area contributed by atoms with Crippen molar-refractivity contribution in [1.29, 1.82) is 0 Å². The van der Waals surface area contributed by atoms with E-state index in [1.54, 1.807) is 11.3 Å². The molecule has 2 aromatic rings. The lowest BCUT2D eigenvalue weighted by Crippen LogP contribution is -2.27. The summed E-state index contributed by atoms with van der Waals surface area (Å²) in [5, 5.41) is 3.01. The molecule has 98 valence electrons. The number of aryl methyl sites for hydroxylation is 1. The Bertz CT molecular complexity index is 600. The van der Waals surface area contributed by atoms with Crippen LogP contribution >= 0.6 is 11.3 Å². The van der Waals surface area contributed by atoms with Crippen molar-refractivity contribution in [2.24, 2.45) is 0 Å². The zero-order chi connectivity index (χ0) is 13.2. The van der Waals surface area contributed by atoms with E-state index in [-0.39, 0.29) is 5.91 Å². The van der Waals surface area contributed by atoms with Gasteiger partial charge in [-0.3, -0.25) is 4.79 Å². The van der Waals surface area contributed by atoms with Crippen LogP contribution in [0.2, 0.25) is 0 Å². The van der Waals surface area contributed by atoms with Crippen molar-refractivity contribution < 1.29 is 4.79 Å². The molecule has 1 saturated heterocycles. The number of hydrogen-bond acceptors (Lipinski definition) is 3. The molecular formula is C15H16N2OS. The maximum Gasteiger partial charge on any atom is 0.253 e. The Labute approximate surface area is 116 Å². The van der Waals surface area contributed by atoms with Crippen LogP contribution in [0.15, 0.2) is 29.6 Å². The first-order valence-electron chi connectivity index (χ1n) is 6.56. The summed E-state index contributed by atoms with van der Waals surface area (Å²) in [6.07, 6.45) is 2.24. The van der Waals surface area contributed by atoms with Crippen LogP contribution in [0, 0.1) is 6.92 Å². The molecule has 0 saturated carbocycles. The summed E-state index contributed by atoms with van der Waals surface area (Å²) in [7, 11) is 0. The molecule has 1 fully saturated rings. The number of likely N-dealkylation sites (tertiary alicyclic amines) is 1. The molecule has 0 spiro atoms. The second kappa shape index (κ2) is 5.13. The monoisotopic (exact) mass is 272 g/mol. The first-order valence-corrected chi connectivity index (χ1v) is 7.44. The lowest BCUT2D eigenvalue weighted by atomic mass is 10.1. The van der Waals surface area contributed by atoms with Crippen LogP contribution in [0.1, 0.15) is 28.9 Å². The average molecular weight is 272 g/mol. The summed E-state index contributed by atoms with van der Waals surface area (Å²) in [5.74, 6) is 0.146. The summed E-state index contributed by atoms with van der Waals surface area (Å²) in [4.78, 5) is 18.8. The highest BCUT2D eigenvalue weighted by Crippen LogP contribution is 2.25. The van der Waals surface area contributed by atoms with Gasteiger partial charge in [0.05, 0.1) is 0 Å². The smallest absolute Gasteiger partial charge is 0.253 e. The summed E-state index contributed by atoms with van der Waals surface area (Å²) >= 11 is 1.62. The molecule has 1 aromatic heterocycles. The van der Waals surface area contributed by atoms with Gasteiger partial charge in [-0.25, -0.2) is 4.98 Å². The second-order valence-corrected chi connectivity index (χ2v) is 5.73. The third-order valence-corrected chi connectivity index (χ3v) is 4.38. The van der Waals surface area contributed by atoms with Crippen LogP contribution in [0.25, 0.3) is 10.6 Å². The van der Waals surface area contributed by atoms with Crippen molar-refractivity contribution in [1.82, 2.24) is 9.88 Å². The van der Waals surface area contributed by atoms with Gasteiger partial charge in [-0.05, 0) is 31.9 Å². The molecule has 1 aliphatic rings. The number of aromatic nitrogens is 1. The van der Waals surface area contributed by atoms with Crippen LogP contribution in [0.3, 0.4) is 0 Å². The van der Waals surface area contributed by atoms with E-state index in [1.165, 1.54) is 0 Å². The fourth-order valence-corrected chi connectivity index (χ4v) is 3.17. The summed E-state index contributed by atoms with van der Waals surface area (Å²) in [6.45, 7) is 3.76. The Kier molecular flexibility index (Phi) is 3.34. The predicted octanol–water partition coefficient (Wildman–Crippen LogP) is 3.35. The molecule has 4 heteroatoms. The molecule has 3 rings (SSSR count). The molecular weight excluding hydrogens is 256 g/mol. The number of carbonyl (C=O) groups excluding carboxylic acids is 1. The van der Waals surface area contributed by atoms with Gasteiger partial charge in [0.2, 0.25) is 0 Å². The number of nitrogens with zero attached hydrogens (tertiary/aromatic N) is 2. The number of amides is 1. The Morgan fingerprint density at radius 1 is 1.32 bits per heavy atom. The van der Waals surface area contributed by atoms with Crippen LogP contribution in [0.5, 0.6) is 0 Å². The fraction of sp³-hybridized carbons (Fsp3) is 0.333. The third kappa shape index (κ3) is 2.54. The first kappa shape index (κ1) is 12.4. The SMILES string of the molecule is Cc1csc(-c2cccc(C(=O)N3CCCC3)c2)n1. The van der Waals surface area contributed by atoms with Gasteiger partial charge < -0.3 is 4.90 Å². The maximum atomic E-state index is 12.3. The van der Waals surface area contributed by atoms with Crippen molar-refractivity contribution >= 4 is 17.2 Å². The van der Waals surface area contributed by atoms with Crippen molar-refractivity contribution in [2.45, 2.75) is 19.8 Å². The second-order valence-electron chi connectivity index (χ2n) is 4.87. The molecule has 3 nitrogen and oxygen atoms in total. The average Bonchev–Trinajstić information content (AvgIpc) is 3.09. The summed E-state index contributed by atoms with van der Waals surface area (Å²) < 4.78 is 0. The van der Waals surface area contributed by atoms with Crippen molar-refractivity contribution in [3.63, 3.8) is 0 Å². The van der Waals surface area contributed by atoms with Crippen LogP contribution in [0.4, 0.5) is 0 Å². The standard InChI is InChI=1S/C15H16N2OS/c1-11-10-19-14(16-11)12-5-4-6-13(9-12)15(18)17-7-2-3-8-17/h4-6,9-10H,2-3,7-8H2,1H3. The lowest BCUT2D eigenvalue weighted by Gasteiger charge is -2.15. The quantitative estimate of drug-likeness (QED) is 0.840. The van der Waals surface area contributed by atoms with Crippen molar-refractivity contribution in [3.8, 4) is 10.6 Å². The predicted molar refractivity (Wildman–Crippen MR) is 77.4 cm³/mol. The molecule has 2 heterocycles. The van der Waals surface area contributed by atoms with Crippen LogP contribution in [-0.4, -0.2) is 28.9 Å². The zero-order valence-electron chi connectivity index (χ0n) is 10.9. The molecule has 0 radical (unpaired) electrons. The maximum absolute atomic E-state index is 12.3. The summed E-state index contributed by atoms with van der Waals surface area (Å²) in [5.41, 5.74) is 2.83. The Balaban J connectivity index is 1.89. The molecule has 1 aliphatic heterocycles. The summed E-state index contributed by atoms with van der Waals surface area (Å²) in [6, 6.07) is 7.80. The molecule has 0 unspecified atom stereocenters. The molecule has 1 amide bonds. The zero-order valence-corrected chi connectivity index (χ0v) is 11.7. The Morgan fingerprint density at radius 2 is 2.11 bits per heavy atom. The molecule has 0 bridgehead atoms. The minimum Gasteiger partial charge on any atom is -0.339 e. The molecule has 1 aromatic carbocycles. The Hall–Kier alpha value is -1.68. The van der Waals surface area contributed by atoms with E-state index in [0.29, 0.717) is 0 Å². The number of hydrogen-bond donors (Lipinski definition) is 0. The van der Waals surface area contributed by atoms with Crippen LogP contribution < -0.4 is 0 Å². The number of rotatable bonds is 2. The van der Waals surface area contributed by atoms with Crippen molar-refractivity contribution in [3.05, 3.63) is 40.9 Å². The van der Waals surface area contributed by atoms with Gasteiger partial charge in [0, 0.05) is 35.3 Å². The topological polar surface area (TPSA) is 33.2 Å². The van der Waals surface area contributed by atoms with Gasteiger partial charge >= 0.3 is 0 Å². The molecule has 0 atom stereocenters. The van der Waals surface area contributed by atoms with E-state index in [4.69, 9.17) is 0 Å². The molecule has 0 N–H and O–H groups in total. The highest BCUT2D eigenvalue weighted by atomic mass is 32.1. The van der Waals surface area contributed by atoms with Gasteiger partial charge in [-0.2, -0.15) is 0 Å². The normalized spacial score (nSPS) is 14.9. The van der Waals surface area contributed by atoms with Crippen molar-refractivity contribution in [2.75, 3.05) is 13.1 Å². The van der Waals surface area contributed by atoms with E-state index in [0.717, 1.165) is 47.8 Å². The van der Waals surface area contributed by atoms with E-state index < -0.39 is 0 Å². The minimum absolute atomic E-state index is 0.146. The highest BCUT2D eigenvalue weighted by molar-refractivity contribution is 7.13. The lowest BCUT2D eigenvalue weighted by molar-refractivity contribution is 0.0793. The van der Waals surface area contributed by atoms with Gasteiger partial charge in [-0.15, -0.1) is 11.3 Å². The largest absolute Gasteiger partial charge is 0.339 e. The number of benzene rings is 1. The third-order valence-electron chi connectivity index (χ3n) is 3.37. The van der Waals surface area contributed by atoms with E-state index >= 15 is 0 Å². The first-order chi connectivity index (χ1) is 9.24. The van der Waals surface area contributed by atoms with E-state index in [9.17, 15) is 4.79 Å². The molecule has 19 heavy (non-hydrogen) atoms. The highest BCUT2D eigenvalue weighted by Gasteiger charge is 2.19. The van der Waals surface area contributed by atoms with Gasteiger partial charge in [0.15, 0.2) is 0 Å².